The Kier molecular flexibility index (Phi) is 1.75. The summed E-state index contributed by atoms with van der Waals surface area (Å²) in [5.41, 5.74) is 0.470. The van der Waals surface area contributed by atoms with Crippen molar-refractivity contribution in [2.24, 2.45) is 0 Å². The lowest BCUT2D eigenvalue weighted by Gasteiger charge is -2.49. The maximum absolute atomic E-state index is 5.56. The van der Waals surface area contributed by atoms with E-state index >= 15 is 0 Å². The van der Waals surface area contributed by atoms with E-state index in [4.69, 9.17) is 9.47 Å². The molecule has 0 bridgehead atoms. The van der Waals surface area contributed by atoms with Crippen LogP contribution in [-0.4, -0.2) is 54.2 Å². The third-order valence-electron chi connectivity index (χ3n) is 3.95. The van der Waals surface area contributed by atoms with Crippen molar-refractivity contribution in [3.8, 4) is 0 Å². The van der Waals surface area contributed by atoms with Crippen molar-refractivity contribution in [1.82, 2.24) is 9.80 Å². The molecule has 3 saturated heterocycles. The molecule has 2 unspecified atom stereocenters. The number of ether oxygens (including phenoxy) is 2. The van der Waals surface area contributed by atoms with Crippen LogP contribution < -0.4 is 0 Å². The molecule has 3 aliphatic heterocycles. The summed E-state index contributed by atoms with van der Waals surface area (Å²) in [7, 11) is 0. The van der Waals surface area contributed by atoms with Gasteiger partial charge in [0.15, 0.2) is 0 Å². The highest BCUT2D eigenvalue weighted by Crippen LogP contribution is 2.41. The van der Waals surface area contributed by atoms with Crippen molar-refractivity contribution in [2.75, 3.05) is 33.3 Å². The molecule has 4 nitrogen and oxygen atoms in total. The van der Waals surface area contributed by atoms with Crippen molar-refractivity contribution in [3.05, 3.63) is 0 Å². The van der Waals surface area contributed by atoms with E-state index in [-0.39, 0.29) is 11.1 Å². The fraction of sp³-hybridized carbons (Fsp3) is 1.00. The second-order valence-electron chi connectivity index (χ2n) is 5.35. The van der Waals surface area contributed by atoms with Gasteiger partial charge in [-0.15, -0.1) is 0 Å². The maximum Gasteiger partial charge on any atom is 0.101 e. The van der Waals surface area contributed by atoms with Crippen molar-refractivity contribution in [2.45, 2.75) is 31.3 Å². The number of rotatable bonds is 0. The normalized spacial score (nSPS) is 49.3. The molecule has 0 spiro atoms. The standard InChI is InChI=1S/C10H18N2O2/c1-9-3-10(2)5-14-8-12(10)6-11(9)7-13-4-9/h3-8H2,1-2H3. The van der Waals surface area contributed by atoms with Crippen LogP contribution in [-0.2, 0) is 9.47 Å². The van der Waals surface area contributed by atoms with Crippen molar-refractivity contribution in [1.29, 1.82) is 0 Å². The largest absolute Gasteiger partial charge is 0.364 e. The molecule has 0 amide bonds. The quantitative estimate of drug-likeness (QED) is 0.564. The molecule has 2 atom stereocenters. The Morgan fingerprint density at radius 3 is 1.93 bits per heavy atom. The Labute approximate surface area is 84.8 Å². The van der Waals surface area contributed by atoms with E-state index in [9.17, 15) is 0 Å². The fourth-order valence-corrected chi connectivity index (χ4v) is 3.02. The minimum Gasteiger partial charge on any atom is -0.364 e. The first-order valence-electron chi connectivity index (χ1n) is 5.28. The number of hydrogen-bond acceptors (Lipinski definition) is 4. The van der Waals surface area contributed by atoms with Gasteiger partial charge in [0.25, 0.3) is 0 Å². The first kappa shape index (κ1) is 9.09. The lowest BCUT2D eigenvalue weighted by Crippen LogP contribution is -2.63. The topological polar surface area (TPSA) is 24.9 Å². The molecular weight excluding hydrogens is 180 g/mol. The highest BCUT2D eigenvalue weighted by molar-refractivity contribution is 5.04. The molecule has 14 heavy (non-hydrogen) atoms. The second kappa shape index (κ2) is 2.70. The minimum absolute atomic E-state index is 0.235. The summed E-state index contributed by atoms with van der Waals surface area (Å²) >= 11 is 0. The van der Waals surface area contributed by atoms with Crippen LogP contribution in [0.3, 0.4) is 0 Å². The monoisotopic (exact) mass is 198 g/mol. The van der Waals surface area contributed by atoms with Gasteiger partial charge >= 0.3 is 0 Å². The Hall–Kier alpha value is -0.160. The van der Waals surface area contributed by atoms with Gasteiger partial charge in [0.2, 0.25) is 0 Å². The summed E-state index contributed by atoms with van der Waals surface area (Å²) in [6, 6.07) is 0. The van der Waals surface area contributed by atoms with Gasteiger partial charge in [0, 0.05) is 11.1 Å². The molecule has 0 saturated carbocycles. The molecule has 0 aliphatic carbocycles. The van der Waals surface area contributed by atoms with E-state index < -0.39 is 0 Å². The summed E-state index contributed by atoms with van der Waals surface area (Å²) in [5, 5.41) is 0. The zero-order valence-electron chi connectivity index (χ0n) is 8.95. The SMILES string of the molecule is CC12COCN1CN1COCC1(C)C2. The Morgan fingerprint density at radius 1 is 0.929 bits per heavy atom. The molecule has 0 aromatic rings. The molecule has 4 heteroatoms. The number of fused-ring (bicyclic) bond motifs is 2. The van der Waals surface area contributed by atoms with E-state index in [0.29, 0.717) is 0 Å². The first-order chi connectivity index (χ1) is 6.62. The predicted octanol–water partition coefficient (Wildman–Crippen LogP) is 0.444. The Morgan fingerprint density at radius 2 is 1.43 bits per heavy atom. The van der Waals surface area contributed by atoms with Crippen LogP contribution in [0.2, 0.25) is 0 Å². The highest BCUT2D eigenvalue weighted by atomic mass is 16.5. The van der Waals surface area contributed by atoms with Gasteiger partial charge in [-0.25, -0.2) is 0 Å². The van der Waals surface area contributed by atoms with Gasteiger partial charge < -0.3 is 9.47 Å². The number of hydrogen-bond donors (Lipinski definition) is 0. The van der Waals surface area contributed by atoms with E-state index in [1.807, 2.05) is 0 Å². The lowest BCUT2D eigenvalue weighted by molar-refractivity contribution is -0.0475. The summed E-state index contributed by atoms with van der Waals surface area (Å²) in [4.78, 5) is 4.84. The van der Waals surface area contributed by atoms with Gasteiger partial charge in [0.05, 0.1) is 19.9 Å². The summed E-state index contributed by atoms with van der Waals surface area (Å²) < 4.78 is 11.1. The second-order valence-corrected chi connectivity index (χ2v) is 5.35. The minimum atomic E-state index is 0.235. The van der Waals surface area contributed by atoms with Gasteiger partial charge in [-0.3, -0.25) is 9.80 Å². The summed E-state index contributed by atoms with van der Waals surface area (Å²) in [6.45, 7) is 8.91. The molecule has 3 fully saturated rings. The molecular formula is C10H18N2O2. The summed E-state index contributed by atoms with van der Waals surface area (Å²) in [6.07, 6.45) is 1.15. The third-order valence-corrected chi connectivity index (χ3v) is 3.95. The average molecular weight is 198 g/mol. The molecule has 3 rings (SSSR count). The third kappa shape index (κ3) is 1.08. The first-order valence-corrected chi connectivity index (χ1v) is 5.28. The zero-order chi connectivity index (χ0) is 9.81. The Balaban J connectivity index is 1.89. The van der Waals surface area contributed by atoms with Gasteiger partial charge in [0.1, 0.15) is 13.5 Å². The fourth-order valence-electron chi connectivity index (χ4n) is 3.02. The Bertz CT molecular complexity index is 237. The van der Waals surface area contributed by atoms with Crippen LogP contribution >= 0.6 is 0 Å². The lowest BCUT2D eigenvalue weighted by atomic mass is 9.82. The highest BCUT2D eigenvalue weighted by Gasteiger charge is 2.53. The van der Waals surface area contributed by atoms with E-state index in [2.05, 4.69) is 23.6 Å². The van der Waals surface area contributed by atoms with Crippen LogP contribution in [0.4, 0.5) is 0 Å². The molecule has 0 radical (unpaired) electrons. The predicted molar refractivity (Wildman–Crippen MR) is 51.6 cm³/mol. The number of nitrogens with zero attached hydrogens (tertiary/aromatic N) is 2. The summed E-state index contributed by atoms with van der Waals surface area (Å²) in [5.74, 6) is 0. The average Bonchev–Trinajstić information content (AvgIpc) is 2.60. The zero-order valence-corrected chi connectivity index (χ0v) is 8.95. The van der Waals surface area contributed by atoms with Crippen LogP contribution in [0.5, 0.6) is 0 Å². The van der Waals surface area contributed by atoms with E-state index in [1.165, 1.54) is 0 Å². The molecule has 3 heterocycles. The molecule has 0 aromatic heterocycles. The van der Waals surface area contributed by atoms with Gasteiger partial charge in [-0.2, -0.15) is 0 Å². The van der Waals surface area contributed by atoms with Crippen LogP contribution in [0.25, 0.3) is 0 Å². The van der Waals surface area contributed by atoms with E-state index in [1.54, 1.807) is 0 Å². The van der Waals surface area contributed by atoms with Crippen LogP contribution in [0.15, 0.2) is 0 Å². The van der Waals surface area contributed by atoms with Crippen LogP contribution in [0.1, 0.15) is 20.3 Å². The van der Waals surface area contributed by atoms with Crippen molar-refractivity contribution >= 4 is 0 Å². The van der Waals surface area contributed by atoms with Crippen molar-refractivity contribution < 1.29 is 9.47 Å². The maximum atomic E-state index is 5.56. The van der Waals surface area contributed by atoms with Crippen molar-refractivity contribution in [3.63, 3.8) is 0 Å². The molecule has 80 valence electrons. The van der Waals surface area contributed by atoms with E-state index in [0.717, 1.165) is 39.8 Å². The smallest absolute Gasteiger partial charge is 0.101 e. The van der Waals surface area contributed by atoms with Crippen LogP contribution in [0, 0.1) is 0 Å². The molecule has 0 N–H and O–H groups in total. The molecule has 3 aliphatic rings. The molecule has 0 aromatic carbocycles. The van der Waals surface area contributed by atoms with Gasteiger partial charge in [-0.1, -0.05) is 0 Å². The van der Waals surface area contributed by atoms with Gasteiger partial charge in [-0.05, 0) is 20.3 Å².